The number of hydrogen-bond donors (Lipinski definition) is 0. The van der Waals surface area contributed by atoms with Gasteiger partial charge in [0.1, 0.15) is 12.1 Å². The molecule has 4 rings (SSSR count). The third-order valence-electron chi connectivity index (χ3n) is 5.38. The highest BCUT2D eigenvalue weighted by molar-refractivity contribution is 5.87. The van der Waals surface area contributed by atoms with Gasteiger partial charge in [0.25, 0.3) is 0 Å². The average Bonchev–Trinajstić information content (AvgIpc) is 3.15. The lowest BCUT2D eigenvalue weighted by Crippen LogP contribution is -2.51. The molecule has 9 heteroatoms. The smallest absolute Gasteiger partial charge is 0.236 e. The highest BCUT2D eigenvalue weighted by Gasteiger charge is 2.24. The summed E-state index contributed by atoms with van der Waals surface area (Å²) < 4.78 is 1.74. The van der Waals surface area contributed by atoms with Crippen LogP contribution in [0.2, 0.25) is 0 Å². The highest BCUT2D eigenvalue weighted by atomic mass is 16.2. The molecule has 0 bridgehead atoms. The Bertz CT molecular complexity index is 1080. The Hall–Kier alpha value is -3.51. The summed E-state index contributed by atoms with van der Waals surface area (Å²) in [6.45, 7) is 3.81. The minimum absolute atomic E-state index is 0.125. The van der Waals surface area contributed by atoms with Gasteiger partial charge in [0.05, 0.1) is 29.8 Å². The number of rotatable bonds is 5. The zero-order valence-corrected chi connectivity index (χ0v) is 17.2. The molecule has 0 N–H and O–H groups in total. The van der Waals surface area contributed by atoms with E-state index in [9.17, 15) is 4.79 Å². The van der Waals surface area contributed by atoms with Gasteiger partial charge in [0.2, 0.25) is 5.91 Å². The fraction of sp³-hybridized carbons (Fsp3) is 0.381. The average molecular weight is 404 g/mol. The number of aryl methyl sites for hydroxylation is 1. The van der Waals surface area contributed by atoms with Crippen molar-refractivity contribution in [2.24, 2.45) is 7.05 Å². The molecule has 1 amide bonds. The van der Waals surface area contributed by atoms with Gasteiger partial charge in [-0.05, 0) is 24.7 Å². The van der Waals surface area contributed by atoms with E-state index in [1.165, 1.54) is 0 Å². The second-order valence-electron chi connectivity index (χ2n) is 7.55. The normalized spacial score (nSPS) is 14.3. The number of nitriles is 1. The summed E-state index contributed by atoms with van der Waals surface area (Å²) in [5.74, 6) is 0.998. The zero-order chi connectivity index (χ0) is 21.1. The number of carbonyl (C=O) groups excluding carboxylic acids is 1. The fourth-order valence-electron chi connectivity index (χ4n) is 3.75. The molecule has 0 radical (unpaired) electrons. The number of likely N-dealkylation sites (N-methyl/N-ethyl adjacent to an activating group) is 1. The molecule has 1 aromatic carbocycles. The van der Waals surface area contributed by atoms with Gasteiger partial charge >= 0.3 is 0 Å². The summed E-state index contributed by atoms with van der Waals surface area (Å²) >= 11 is 0. The Kier molecular flexibility index (Phi) is 5.59. The van der Waals surface area contributed by atoms with Crippen LogP contribution in [0.15, 0.2) is 36.8 Å². The molecule has 1 aliphatic rings. The summed E-state index contributed by atoms with van der Waals surface area (Å²) in [6.07, 6.45) is 3.36. The largest absolute Gasteiger partial charge is 0.352 e. The molecule has 0 aliphatic carbocycles. The Morgan fingerprint density at radius 3 is 2.60 bits per heavy atom. The van der Waals surface area contributed by atoms with Crippen LogP contribution in [0.1, 0.15) is 11.1 Å². The van der Waals surface area contributed by atoms with Crippen LogP contribution in [0.3, 0.4) is 0 Å². The molecule has 30 heavy (non-hydrogen) atoms. The van der Waals surface area contributed by atoms with Gasteiger partial charge in [-0.2, -0.15) is 10.4 Å². The van der Waals surface area contributed by atoms with Gasteiger partial charge in [-0.1, -0.05) is 12.1 Å². The monoisotopic (exact) mass is 404 g/mol. The molecule has 9 nitrogen and oxygen atoms in total. The number of amides is 1. The van der Waals surface area contributed by atoms with Crippen LogP contribution in [0.5, 0.6) is 0 Å². The summed E-state index contributed by atoms with van der Waals surface area (Å²) in [5, 5.41) is 14.1. The van der Waals surface area contributed by atoms with Gasteiger partial charge in [-0.15, -0.1) is 0 Å². The van der Waals surface area contributed by atoms with Crippen molar-refractivity contribution in [3.05, 3.63) is 47.9 Å². The standard InChI is InChI=1S/C21H24N8O/c1-26(13-17-5-3-16(11-22)4-6-17)14-19(30)28-7-9-29(10-8-28)21-18-12-25-27(2)20(18)23-15-24-21/h3-6,12,15H,7-10,13-14H2,1-2H3. The van der Waals surface area contributed by atoms with Crippen LogP contribution < -0.4 is 4.90 Å². The SMILES string of the molecule is CN(CC(=O)N1CCN(c2ncnc3c2cnn3C)CC1)Cc1ccc(C#N)cc1. The topological polar surface area (TPSA) is 94.2 Å². The molecule has 0 spiro atoms. The van der Waals surface area contributed by atoms with E-state index in [1.54, 1.807) is 29.3 Å². The molecule has 2 aromatic heterocycles. The number of hydrogen-bond acceptors (Lipinski definition) is 7. The van der Waals surface area contributed by atoms with Crippen LogP contribution in [0.25, 0.3) is 11.0 Å². The van der Waals surface area contributed by atoms with Gasteiger partial charge < -0.3 is 9.80 Å². The maximum absolute atomic E-state index is 12.7. The molecule has 3 aromatic rings. The molecule has 154 valence electrons. The van der Waals surface area contributed by atoms with Crippen LogP contribution in [-0.4, -0.2) is 75.2 Å². The molecule has 3 heterocycles. The molecule has 0 atom stereocenters. The number of carbonyl (C=O) groups is 1. The molecule has 1 aliphatic heterocycles. The van der Waals surface area contributed by atoms with Crippen LogP contribution in [0.4, 0.5) is 5.82 Å². The van der Waals surface area contributed by atoms with Crippen LogP contribution >= 0.6 is 0 Å². The minimum Gasteiger partial charge on any atom is -0.352 e. The number of piperazine rings is 1. The third kappa shape index (κ3) is 4.09. The van der Waals surface area contributed by atoms with Crippen LogP contribution in [0, 0.1) is 11.3 Å². The highest BCUT2D eigenvalue weighted by Crippen LogP contribution is 2.23. The molecule has 0 saturated carbocycles. The van der Waals surface area contributed by atoms with Gasteiger partial charge in [-0.3, -0.25) is 14.4 Å². The Balaban J connectivity index is 1.32. The van der Waals surface area contributed by atoms with Gasteiger partial charge in [0.15, 0.2) is 5.65 Å². The van der Waals surface area contributed by atoms with E-state index in [4.69, 9.17) is 5.26 Å². The van der Waals surface area contributed by atoms with Gasteiger partial charge in [0, 0.05) is 39.8 Å². The molecular weight excluding hydrogens is 380 g/mol. The first-order chi connectivity index (χ1) is 14.5. The number of nitrogens with zero attached hydrogens (tertiary/aromatic N) is 8. The third-order valence-corrected chi connectivity index (χ3v) is 5.38. The van der Waals surface area contributed by atoms with Crippen molar-refractivity contribution >= 4 is 22.8 Å². The molecular formula is C21H24N8O. The maximum Gasteiger partial charge on any atom is 0.236 e. The lowest BCUT2D eigenvalue weighted by molar-refractivity contribution is -0.132. The maximum atomic E-state index is 12.7. The summed E-state index contributed by atoms with van der Waals surface area (Å²) in [5.41, 5.74) is 2.53. The second kappa shape index (κ2) is 8.47. The zero-order valence-electron chi connectivity index (χ0n) is 17.2. The van der Waals surface area contributed by atoms with Crippen molar-refractivity contribution in [3.63, 3.8) is 0 Å². The predicted octanol–water partition coefficient (Wildman–Crippen LogP) is 1.02. The van der Waals surface area contributed by atoms with E-state index in [0.29, 0.717) is 31.7 Å². The summed E-state index contributed by atoms with van der Waals surface area (Å²) in [4.78, 5) is 27.6. The molecule has 1 fully saturated rings. The van der Waals surface area contributed by atoms with Crippen molar-refractivity contribution in [2.45, 2.75) is 6.54 Å². The fourth-order valence-corrected chi connectivity index (χ4v) is 3.75. The number of fused-ring (bicyclic) bond motifs is 1. The van der Waals surface area contributed by atoms with Crippen molar-refractivity contribution in [2.75, 3.05) is 44.7 Å². The molecule has 0 unspecified atom stereocenters. The van der Waals surface area contributed by atoms with E-state index < -0.39 is 0 Å². The predicted molar refractivity (Wildman–Crippen MR) is 113 cm³/mol. The first-order valence-corrected chi connectivity index (χ1v) is 9.88. The second-order valence-corrected chi connectivity index (χ2v) is 7.55. The van der Waals surface area contributed by atoms with E-state index in [2.05, 4.69) is 26.0 Å². The lowest BCUT2D eigenvalue weighted by Gasteiger charge is -2.36. The number of anilines is 1. The molecule has 1 saturated heterocycles. The minimum atomic E-state index is 0.125. The van der Waals surface area contributed by atoms with E-state index in [1.807, 2.05) is 36.0 Å². The first-order valence-electron chi connectivity index (χ1n) is 9.88. The van der Waals surface area contributed by atoms with E-state index >= 15 is 0 Å². The quantitative estimate of drug-likeness (QED) is 0.626. The first kappa shape index (κ1) is 19.8. The Morgan fingerprint density at radius 2 is 1.90 bits per heavy atom. The Morgan fingerprint density at radius 1 is 1.17 bits per heavy atom. The summed E-state index contributed by atoms with van der Waals surface area (Å²) in [6, 6.07) is 9.58. The number of benzene rings is 1. The van der Waals surface area contributed by atoms with Crippen molar-refractivity contribution in [1.82, 2.24) is 29.5 Å². The summed E-state index contributed by atoms with van der Waals surface area (Å²) in [7, 11) is 3.80. The van der Waals surface area contributed by atoms with Crippen molar-refractivity contribution in [1.29, 1.82) is 5.26 Å². The van der Waals surface area contributed by atoms with E-state index in [-0.39, 0.29) is 5.91 Å². The number of aromatic nitrogens is 4. The lowest BCUT2D eigenvalue weighted by atomic mass is 10.1. The van der Waals surface area contributed by atoms with Crippen LogP contribution in [-0.2, 0) is 18.4 Å². The van der Waals surface area contributed by atoms with E-state index in [0.717, 1.165) is 35.5 Å². The van der Waals surface area contributed by atoms with Crippen molar-refractivity contribution < 1.29 is 4.79 Å². The van der Waals surface area contributed by atoms with Crippen molar-refractivity contribution in [3.8, 4) is 6.07 Å². The van der Waals surface area contributed by atoms with Gasteiger partial charge in [-0.25, -0.2) is 9.97 Å². The Labute approximate surface area is 175 Å².